The maximum atomic E-state index is 12.8. The topological polar surface area (TPSA) is 23.8 Å². The Morgan fingerprint density at radius 1 is 1.00 bits per heavy atom. The zero-order valence-corrected chi connectivity index (χ0v) is 16.5. The molecule has 2 aliphatic rings. The van der Waals surface area contributed by atoms with E-state index in [0.29, 0.717) is 5.92 Å². The molecule has 0 saturated heterocycles. The lowest BCUT2D eigenvalue weighted by Crippen LogP contribution is -2.25. The number of nitrogens with zero attached hydrogens (tertiary/aromatic N) is 1. The minimum atomic E-state index is -0.707. The number of rotatable bonds is 5. The molecule has 0 aromatic heterocycles. The lowest BCUT2D eigenvalue weighted by molar-refractivity contribution is 0.171. The van der Waals surface area contributed by atoms with Crippen LogP contribution in [-0.4, -0.2) is 0 Å². The van der Waals surface area contributed by atoms with E-state index in [2.05, 4.69) is 37.3 Å². The molecular formula is C25H32FN. The summed E-state index contributed by atoms with van der Waals surface area (Å²) in [5.41, 5.74) is 2.97. The Bertz CT molecular complexity index is 678. The van der Waals surface area contributed by atoms with Crippen molar-refractivity contribution in [1.82, 2.24) is 0 Å². The highest BCUT2D eigenvalue weighted by Crippen LogP contribution is 2.44. The van der Waals surface area contributed by atoms with Gasteiger partial charge in [-0.2, -0.15) is 9.65 Å². The number of hydrogen-bond donors (Lipinski definition) is 0. The highest BCUT2D eigenvalue weighted by Gasteiger charge is 2.30. The quantitative estimate of drug-likeness (QED) is 0.398. The summed E-state index contributed by atoms with van der Waals surface area (Å²) in [6.07, 6.45) is 16.7. The summed E-state index contributed by atoms with van der Waals surface area (Å²) in [4.78, 5) is 0. The van der Waals surface area contributed by atoms with E-state index in [1.165, 1.54) is 74.6 Å². The molecule has 2 fully saturated rings. The summed E-state index contributed by atoms with van der Waals surface area (Å²) in [6.45, 7) is 2.21. The molecule has 1 nitrogen and oxygen atoms in total. The van der Waals surface area contributed by atoms with Gasteiger partial charge >= 0.3 is 0 Å². The molecule has 3 rings (SSSR count). The second-order valence-corrected chi connectivity index (χ2v) is 8.39. The van der Waals surface area contributed by atoms with Crippen molar-refractivity contribution in [3.8, 4) is 6.07 Å². The minimum absolute atomic E-state index is 0.553. The van der Waals surface area contributed by atoms with Crippen LogP contribution in [0.4, 0.5) is 4.39 Å². The first-order valence-corrected chi connectivity index (χ1v) is 10.7. The van der Waals surface area contributed by atoms with Crippen LogP contribution in [0.3, 0.4) is 0 Å². The molecule has 2 aliphatic carbocycles. The molecule has 1 aromatic carbocycles. The van der Waals surface area contributed by atoms with Crippen molar-refractivity contribution >= 4 is 0 Å². The summed E-state index contributed by atoms with van der Waals surface area (Å²) < 4.78 is 12.8. The van der Waals surface area contributed by atoms with Gasteiger partial charge < -0.3 is 0 Å². The van der Waals surface area contributed by atoms with Gasteiger partial charge in [-0.3, -0.25) is 0 Å². The normalized spacial score (nSPS) is 29.6. The zero-order valence-electron chi connectivity index (χ0n) is 16.5. The SMILES string of the molecule is CCc1ccc(C2CCC(C3CCC(/C=C/C=C(\F)C#N)CC3)CC2)cc1. The fraction of sp³-hybridized carbons (Fsp3) is 0.560. The average Bonchev–Trinajstić information content (AvgIpc) is 2.74. The van der Waals surface area contributed by atoms with Crippen LogP contribution in [0.15, 0.2) is 48.3 Å². The molecule has 0 radical (unpaired) electrons. The van der Waals surface area contributed by atoms with Crippen LogP contribution < -0.4 is 0 Å². The van der Waals surface area contributed by atoms with Crippen LogP contribution in [0.25, 0.3) is 0 Å². The Morgan fingerprint density at radius 2 is 1.59 bits per heavy atom. The van der Waals surface area contributed by atoms with Gasteiger partial charge in [0.25, 0.3) is 0 Å². The number of hydrogen-bond acceptors (Lipinski definition) is 1. The Hall–Kier alpha value is -1.88. The Balaban J connectivity index is 1.43. The van der Waals surface area contributed by atoms with E-state index >= 15 is 0 Å². The van der Waals surface area contributed by atoms with E-state index in [9.17, 15) is 4.39 Å². The lowest BCUT2D eigenvalue weighted by atomic mass is 9.68. The Labute approximate surface area is 164 Å². The van der Waals surface area contributed by atoms with Crippen LogP contribution in [0.5, 0.6) is 0 Å². The molecule has 0 atom stereocenters. The molecule has 0 aliphatic heterocycles. The first kappa shape index (κ1) is 19.9. The number of aryl methyl sites for hydroxylation is 1. The van der Waals surface area contributed by atoms with Crippen molar-refractivity contribution in [3.05, 3.63) is 59.4 Å². The van der Waals surface area contributed by atoms with E-state index in [1.54, 1.807) is 6.08 Å². The van der Waals surface area contributed by atoms with Gasteiger partial charge in [0.2, 0.25) is 0 Å². The molecule has 0 unspecified atom stereocenters. The number of nitriles is 1. The summed E-state index contributed by atoms with van der Waals surface area (Å²) in [6, 6.07) is 10.8. The molecule has 1 aromatic rings. The van der Waals surface area contributed by atoms with Gasteiger partial charge in [-0.25, -0.2) is 0 Å². The van der Waals surface area contributed by atoms with Crippen molar-refractivity contribution in [1.29, 1.82) is 5.26 Å². The third-order valence-corrected chi connectivity index (χ3v) is 6.85. The minimum Gasteiger partial charge on any atom is -0.195 e. The van der Waals surface area contributed by atoms with Gasteiger partial charge in [-0.05, 0) is 98.7 Å². The Kier molecular flexibility index (Phi) is 7.27. The highest BCUT2D eigenvalue weighted by atomic mass is 19.1. The van der Waals surface area contributed by atoms with Gasteiger partial charge in [-0.15, -0.1) is 0 Å². The zero-order chi connectivity index (χ0) is 19.1. The van der Waals surface area contributed by atoms with Crippen LogP contribution in [0.2, 0.25) is 0 Å². The van der Waals surface area contributed by atoms with E-state index in [-0.39, 0.29) is 0 Å². The van der Waals surface area contributed by atoms with Crippen LogP contribution in [0, 0.1) is 29.1 Å². The largest absolute Gasteiger partial charge is 0.199 e. The lowest BCUT2D eigenvalue weighted by Gasteiger charge is -2.37. The van der Waals surface area contributed by atoms with Crippen molar-refractivity contribution in [2.75, 3.05) is 0 Å². The van der Waals surface area contributed by atoms with Crippen LogP contribution in [-0.2, 0) is 6.42 Å². The first-order chi connectivity index (χ1) is 13.2. The summed E-state index contributed by atoms with van der Waals surface area (Å²) >= 11 is 0. The predicted octanol–water partition coefficient (Wildman–Crippen LogP) is 7.26. The van der Waals surface area contributed by atoms with Gasteiger partial charge in [0, 0.05) is 0 Å². The molecule has 0 bridgehead atoms. The van der Waals surface area contributed by atoms with Gasteiger partial charge in [-0.1, -0.05) is 43.3 Å². The smallest absolute Gasteiger partial charge is 0.195 e. The molecule has 0 spiro atoms. The number of benzene rings is 1. The van der Waals surface area contributed by atoms with Gasteiger partial charge in [0.15, 0.2) is 5.83 Å². The average molecular weight is 366 g/mol. The summed E-state index contributed by atoms with van der Waals surface area (Å²) in [5.74, 6) is 2.38. The number of halogens is 1. The molecule has 0 heterocycles. The maximum Gasteiger partial charge on any atom is 0.199 e. The maximum absolute atomic E-state index is 12.8. The van der Waals surface area contributed by atoms with Crippen LogP contribution in [0.1, 0.15) is 75.3 Å². The molecular weight excluding hydrogens is 333 g/mol. The van der Waals surface area contributed by atoms with Crippen molar-refractivity contribution in [3.63, 3.8) is 0 Å². The monoisotopic (exact) mass is 365 g/mol. The summed E-state index contributed by atoms with van der Waals surface area (Å²) in [7, 11) is 0. The molecule has 0 N–H and O–H groups in total. The molecule has 144 valence electrons. The van der Waals surface area contributed by atoms with Crippen molar-refractivity contribution in [2.45, 2.75) is 70.6 Å². The predicted molar refractivity (Wildman–Crippen MR) is 110 cm³/mol. The number of allylic oxidation sites excluding steroid dienone is 4. The van der Waals surface area contributed by atoms with E-state index in [0.717, 1.165) is 24.2 Å². The fourth-order valence-electron chi connectivity index (χ4n) is 5.09. The molecule has 0 amide bonds. The fourth-order valence-corrected chi connectivity index (χ4v) is 5.09. The van der Waals surface area contributed by atoms with Crippen molar-refractivity contribution < 1.29 is 4.39 Å². The van der Waals surface area contributed by atoms with Crippen molar-refractivity contribution in [2.24, 2.45) is 17.8 Å². The third kappa shape index (κ3) is 5.55. The van der Waals surface area contributed by atoms with Gasteiger partial charge in [0.1, 0.15) is 6.07 Å². The molecule has 2 heteroatoms. The molecule has 2 saturated carbocycles. The Morgan fingerprint density at radius 3 is 2.15 bits per heavy atom. The first-order valence-electron chi connectivity index (χ1n) is 10.7. The highest BCUT2D eigenvalue weighted by molar-refractivity contribution is 5.25. The van der Waals surface area contributed by atoms with E-state index < -0.39 is 5.83 Å². The second-order valence-electron chi connectivity index (χ2n) is 8.39. The second kappa shape index (κ2) is 9.88. The summed E-state index contributed by atoms with van der Waals surface area (Å²) in [5, 5.41) is 8.44. The van der Waals surface area contributed by atoms with E-state index in [4.69, 9.17) is 5.26 Å². The standard InChI is InChI=1S/C25H32FN/c1-2-19-6-10-21(11-7-19)23-14-16-24(17-15-23)22-12-8-20(9-13-22)4-3-5-25(26)18-27/h3-7,10-11,20,22-24H,2,8-9,12-17H2,1H3/b4-3+,25-5-. The molecule has 27 heavy (non-hydrogen) atoms. The van der Waals surface area contributed by atoms with E-state index in [1.807, 2.05) is 0 Å². The van der Waals surface area contributed by atoms with Gasteiger partial charge in [0.05, 0.1) is 0 Å². The van der Waals surface area contributed by atoms with Crippen LogP contribution >= 0.6 is 0 Å². The third-order valence-electron chi connectivity index (χ3n) is 6.85.